The first kappa shape index (κ1) is 14.2. The lowest BCUT2D eigenvalue weighted by Crippen LogP contribution is -2.11. The van der Waals surface area contributed by atoms with Gasteiger partial charge >= 0.3 is 0 Å². The van der Waals surface area contributed by atoms with Crippen molar-refractivity contribution in [1.82, 2.24) is 0 Å². The number of amides is 2. The maximum Gasteiger partial charge on any atom is 0.265 e. The quantitative estimate of drug-likeness (QED) is 0.809. The van der Waals surface area contributed by atoms with Crippen LogP contribution in [-0.4, -0.2) is 16.9 Å². The highest BCUT2D eigenvalue weighted by Gasteiger charge is 2.11. The highest BCUT2D eigenvalue weighted by molar-refractivity contribution is 7.18. The number of aliphatic hydroxyl groups is 1. The standard InChI is InChI=1S/C14H14N2O3S/c1-9(18)15-13-7-6-12(20-13)14(19)16-11-5-3-2-4-10(11)8-17/h2-7,17H,8H2,1H3,(H,15,18)(H,16,19). The van der Waals surface area contributed by atoms with Gasteiger partial charge in [-0.25, -0.2) is 0 Å². The molecule has 0 aliphatic heterocycles. The average molecular weight is 290 g/mol. The molecule has 0 saturated heterocycles. The second-order valence-corrected chi connectivity index (χ2v) is 5.20. The molecular formula is C14H14N2O3S. The summed E-state index contributed by atoms with van der Waals surface area (Å²) in [6.07, 6.45) is 0. The van der Waals surface area contributed by atoms with Gasteiger partial charge in [0.25, 0.3) is 5.91 Å². The first-order valence-electron chi connectivity index (χ1n) is 5.97. The number of para-hydroxylation sites is 1. The Kier molecular flexibility index (Phi) is 4.49. The van der Waals surface area contributed by atoms with Crippen molar-refractivity contribution in [1.29, 1.82) is 0 Å². The van der Waals surface area contributed by atoms with Crippen molar-refractivity contribution < 1.29 is 14.7 Å². The van der Waals surface area contributed by atoms with Crippen LogP contribution in [0.3, 0.4) is 0 Å². The second kappa shape index (κ2) is 6.31. The summed E-state index contributed by atoms with van der Waals surface area (Å²) in [6.45, 7) is 1.27. The van der Waals surface area contributed by atoms with E-state index in [1.54, 1.807) is 36.4 Å². The highest BCUT2D eigenvalue weighted by Crippen LogP contribution is 2.23. The summed E-state index contributed by atoms with van der Waals surface area (Å²) in [5, 5.41) is 15.2. The van der Waals surface area contributed by atoms with E-state index >= 15 is 0 Å². The van der Waals surface area contributed by atoms with E-state index in [1.165, 1.54) is 18.3 Å². The largest absolute Gasteiger partial charge is 0.392 e. The Morgan fingerprint density at radius 2 is 1.90 bits per heavy atom. The van der Waals surface area contributed by atoms with Crippen LogP contribution in [-0.2, 0) is 11.4 Å². The van der Waals surface area contributed by atoms with Crippen LogP contribution in [0.15, 0.2) is 36.4 Å². The zero-order valence-corrected chi connectivity index (χ0v) is 11.7. The van der Waals surface area contributed by atoms with E-state index in [-0.39, 0.29) is 18.4 Å². The third-order valence-electron chi connectivity index (χ3n) is 2.56. The van der Waals surface area contributed by atoms with Gasteiger partial charge in [0.15, 0.2) is 0 Å². The van der Waals surface area contributed by atoms with Gasteiger partial charge in [-0.3, -0.25) is 9.59 Å². The van der Waals surface area contributed by atoms with Crippen molar-refractivity contribution in [2.24, 2.45) is 0 Å². The number of thiophene rings is 1. The molecule has 0 saturated carbocycles. The number of hydrogen-bond donors (Lipinski definition) is 3. The van der Waals surface area contributed by atoms with E-state index in [2.05, 4.69) is 10.6 Å². The maximum absolute atomic E-state index is 12.1. The van der Waals surface area contributed by atoms with E-state index in [0.717, 1.165) is 0 Å². The van der Waals surface area contributed by atoms with Gasteiger partial charge in [-0.15, -0.1) is 11.3 Å². The molecular weight excluding hydrogens is 276 g/mol. The highest BCUT2D eigenvalue weighted by atomic mass is 32.1. The van der Waals surface area contributed by atoms with E-state index in [9.17, 15) is 14.7 Å². The van der Waals surface area contributed by atoms with Crippen LogP contribution in [0.25, 0.3) is 0 Å². The Labute approximate surface area is 120 Å². The van der Waals surface area contributed by atoms with Crippen LogP contribution in [0.2, 0.25) is 0 Å². The molecule has 1 aromatic carbocycles. The Bertz CT molecular complexity index is 637. The third kappa shape index (κ3) is 3.43. The molecule has 3 N–H and O–H groups in total. The van der Waals surface area contributed by atoms with Gasteiger partial charge in [0.2, 0.25) is 5.91 Å². The fourth-order valence-electron chi connectivity index (χ4n) is 1.66. The number of carbonyl (C=O) groups is 2. The fraction of sp³-hybridized carbons (Fsp3) is 0.143. The van der Waals surface area contributed by atoms with E-state index in [0.29, 0.717) is 21.1 Å². The third-order valence-corrected chi connectivity index (χ3v) is 3.56. The zero-order chi connectivity index (χ0) is 14.5. The van der Waals surface area contributed by atoms with Gasteiger partial charge in [-0.2, -0.15) is 0 Å². The van der Waals surface area contributed by atoms with Crippen molar-refractivity contribution >= 4 is 33.8 Å². The van der Waals surface area contributed by atoms with Gasteiger partial charge in [0.1, 0.15) is 0 Å². The summed E-state index contributed by atoms with van der Waals surface area (Å²) in [7, 11) is 0. The van der Waals surface area contributed by atoms with Crippen LogP contribution in [0.4, 0.5) is 10.7 Å². The van der Waals surface area contributed by atoms with Gasteiger partial charge < -0.3 is 15.7 Å². The molecule has 1 aromatic heterocycles. The summed E-state index contributed by atoms with van der Waals surface area (Å²) in [5.41, 5.74) is 1.23. The molecule has 0 atom stereocenters. The summed E-state index contributed by atoms with van der Waals surface area (Å²) in [4.78, 5) is 23.5. The maximum atomic E-state index is 12.1. The molecule has 5 nitrogen and oxygen atoms in total. The smallest absolute Gasteiger partial charge is 0.265 e. The van der Waals surface area contributed by atoms with Crippen LogP contribution >= 0.6 is 11.3 Å². The first-order valence-corrected chi connectivity index (χ1v) is 6.79. The van der Waals surface area contributed by atoms with Crippen LogP contribution in [0.1, 0.15) is 22.2 Å². The summed E-state index contributed by atoms with van der Waals surface area (Å²) >= 11 is 1.20. The number of hydrogen-bond acceptors (Lipinski definition) is 4. The van der Waals surface area contributed by atoms with Crippen molar-refractivity contribution in [2.75, 3.05) is 10.6 Å². The first-order chi connectivity index (χ1) is 9.60. The number of aliphatic hydroxyl groups excluding tert-OH is 1. The van der Waals surface area contributed by atoms with Crippen molar-refractivity contribution in [2.45, 2.75) is 13.5 Å². The molecule has 1 heterocycles. The molecule has 0 aliphatic rings. The molecule has 0 radical (unpaired) electrons. The van der Waals surface area contributed by atoms with Gasteiger partial charge in [-0.05, 0) is 18.2 Å². The van der Waals surface area contributed by atoms with E-state index < -0.39 is 0 Å². The van der Waals surface area contributed by atoms with E-state index in [4.69, 9.17) is 0 Å². The monoisotopic (exact) mass is 290 g/mol. The second-order valence-electron chi connectivity index (χ2n) is 4.11. The molecule has 104 valence electrons. The number of rotatable bonds is 4. The molecule has 2 aromatic rings. The lowest BCUT2D eigenvalue weighted by molar-refractivity contribution is -0.114. The Hall–Kier alpha value is -2.18. The molecule has 0 aliphatic carbocycles. The molecule has 0 unspecified atom stereocenters. The molecule has 2 amide bonds. The number of benzene rings is 1. The number of nitrogens with one attached hydrogen (secondary N) is 2. The molecule has 6 heteroatoms. The Morgan fingerprint density at radius 1 is 1.15 bits per heavy atom. The average Bonchev–Trinajstić information content (AvgIpc) is 2.87. The normalized spacial score (nSPS) is 10.1. The topological polar surface area (TPSA) is 78.4 Å². The summed E-state index contributed by atoms with van der Waals surface area (Å²) in [6, 6.07) is 10.4. The van der Waals surface area contributed by atoms with Crippen molar-refractivity contribution in [3.63, 3.8) is 0 Å². The predicted octanol–water partition coefficient (Wildman–Crippen LogP) is 2.45. The molecule has 2 rings (SSSR count). The molecule has 0 spiro atoms. The minimum atomic E-state index is -0.271. The van der Waals surface area contributed by atoms with Crippen molar-refractivity contribution in [3.8, 4) is 0 Å². The fourth-order valence-corrected chi connectivity index (χ4v) is 2.51. The summed E-state index contributed by atoms with van der Waals surface area (Å²) < 4.78 is 0. The summed E-state index contributed by atoms with van der Waals surface area (Å²) in [5.74, 6) is -0.447. The number of anilines is 2. The Morgan fingerprint density at radius 3 is 2.60 bits per heavy atom. The predicted molar refractivity (Wildman–Crippen MR) is 78.9 cm³/mol. The van der Waals surface area contributed by atoms with Gasteiger partial charge in [-0.1, -0.05) is 18.2 Å². The lowest BCUT2D eigenvalue weighted by Gasteiger charge is -2.07. The van der Waals surface area contributed by atoms with Gasteiger partial charge in [0, 0.05) is 18.2 Å². The van der Waals surface area contributed by atoms with Crippen LogP contribution in [0, 0.1) is 0 Å². The van der Waals surface area contributed by atoms with Crippen molar-refractivity contribution in [3.05, 3.63) is 46.8 Å². The van der Waals surface area contributed by atoms with E-state index in [1.807, 2.05) is 0 Å². The van der Waals surface area contributed by atoms with Gasteiger partial charge in [0.05, 0.1) is 16.5 Å². The minimum Gasteiger partial charge on any atom is -0.392 e. The van der Waals surface area contributed by atoms with Crippen LogP contribution < -0.4 is 10.6 Å². The number of carbonyl (C=O) groups excluding carboxylic acids is 2. The Balaban J connectivity index is 2.12. The SMILES string of the molecule is CC(=O)Nc1ccc(C(=O)Nc2ccccc2CO)s1. The molecule has 0 bridgehead atoms. The zero-order valence-electron chi connectivity index (χ0n) is 10.8. The minimum absolute atomic E-state index is 0.141. The molecule has 20 heavy (non-hydrogen) atoms. The van der Waals surface area contributed by atoms with Crippen LogP contribution in [0.5, 0.6) is 0 Å². The molecule has 0 fully saturated rings. The lowest BCUT2D eigenvalue weighted by atomic mass is 10.2.